The largest absolute Gasteiger partial charge is 0.338 e. The molecular weight excluding hydrogens is 258 g/mol. The molecule has 3 nitrogen and oxygen atoms in total. The Labute approximate surface area is 125 Å². The van der Waals surface area contributed by atoms with Crippen molar-refractivity contribution in [2.45, 2.75) is 39.5 Å². The van der Waals surface area contributed by atoms with Crippen molar-refractivity contribution in [1.82, 2.24) is 15.0 Å². The first-order valence-corrected chi connectivity index (χ1v) is 7.43. The Balaban J connectivity index is 2.12. The summed E-state index contributed by atoms with van der Waals surface area (Å²) in [5, 5.41) is 0. The predicted molar refractivity (Wildman–Crippen MR) is 87.4 cm³/mol. The molecule has 0 saturated carbocycles. The van der Waals surface area contributed by atoms with Crippen LogP contribution in [0.5, 0.6) is 0 Å². The summed E-state index contributed by atoms with van der Waals surface area (Å²) in [4.78, 5) is 12.3. The summed E-state index contributed by atoms with van der Waals surface area (Å²) in [6, 6.07) is 8.79. The average Bonchev–Trinajstić information content (AvgIpc) is 2.85. The molecule has 1 N–H and O–H groups in total. The minimum Gasteiger partial charge on any atom is -0.338 e. The van der Waals surface area contributed by atoms with E-state index >= 15 is 0 Å². The van der Waals surface area contributed by atoms with Crippen LogP contribution in [0.1, 0.15) is 38.8 Å². The van der Waals surface area contributed by atoms with Crippen molar-refractivity contribution in [2.24, 2.45) is 0 Å². The number of aromatic nitrogens is 3. The lowest BCUT2D eigenvalue weighted by Crippen LogP contribution is -2.10. The van der Waals surface area contributed by atoms with Crippen LogP contribution in [-0.4, -0.2) is 15.0 Å². The lowest BCUT2D eigenvalue weighted by molar-refractivity contribution is 0.590. The Morgan fingerprint density at radius 2 is 1.67 bits per heavy atom. The third-order valence-corrected chi connectivity index (χ3v) is 3.92. The zero-order chi connectivity index (χ0) is 15.0. The van der Waals surface area contributed by atoms with Crippen LogP contribution in [0, 0.1) is 0 Å². The molecule has 0 aliphatic carbocycles. The number of hydrogen-bond donors (Lipinski definition) is 1. The first-order chi connectivity index (χ1) is 10.0. The van der Waals surface area contributed by atoms with Crippen molar-refractivity contribution in [1.29, 1.82) is 0 Å². The Hall–Kier alpha value is -2.16. The Kier molecular flexibility index (Phi) is 3.28. The molecule has 2 heterocycles. The highest BCUT2D eigenvalue weighted by Crippen LogP contribution is 2.30. The SMILES string of the molecule is CCc1c(-c2ccc(C(C)(C)C)cc2)[nH]c2nccnc12. The number of aryl methyl sites for hydroxylation is 1. The molecule has 0 aliphatic rings. The number of fused-ring (bicyclic) bond motifs is 1. The van der Waals surface area contributed by atoms with Gasteiger partial charge in [-0.1, -0.05) is 52.0 Å². The van der Waals surface area contributed by atoms with Gasteiger partial charge in [-0.25, -0.2) is 4.98 Å². The molecule has 0 spiro atoms. The van der Waals surface area contributed by atoms with Crippen molar-refractivity contribution in [3.63, 3.8) is 0 Å². The number of nitrogens with one attached hydrogen (secondary N) is 1. The number of aromatic amines is 1. The monoisotopic (exact) mass is 279 g/mol. The molecule has 21 heavy (non-hydrogen) atoms. The molecule has 0 fully saturated rings. The summed E-state index contributed by atoms with van der Waals surface area (Å²) >= 11 is 0. The first-order valence-electron chi connectivity index (χ1n) is 7.43. The van der Waals surface area contributed by atoms with E-state index in [9.17, 15) is 0 Å². The summed E-state index contributed by atoms with van der Waals surface area (Å²) in [5.74, 6) is 0. The lowest BCUT2D eigenvalue weighted by atomic mass is 9.86. The summed E-state index contributed by atoms with van der Waals surface area (Å²) < 4.78 is 0. The third-order valence-electron chi connectivity index (χ3n) is 3.92. The molecule has 0 radical (unpaired) electrons. The van der Waals surface area contributed by atoms with Crippen LogP contribution >= 0.6 is 0 Å². The van der Waals surface area contributed by atoms with E-state index < -0.39 is 0 Å². The molecule has 0 atom stereocenters. The number of hydrogen-bond acceptors (Lipinski definition) is 2. The molecule has 0 aliphatic heterocycles. The van der Waals surface area contributed by atoms with Crippen molar-refractivity contribution in [3.8, 4) is 11.3 Å². The highest BCUT2D eigenvalue weighted by atomic mass is 14.9. The van der Waals surface area contributed by atoms with Crippen molar-refractivity contribution in [3.05, 3.63) is 47.8 Å². The predicted octanol–water partition coefficient (Wildman–Crippen LogP) is 4.48. The van der Waals surface area contributed by atoms with Gasteiger partial charge in [0.1, 0.15) is 5.52 Å². The van der Waals surface area contributed by atoms with Crippen molar-refractivity contribution < 1.29 is 0 Å². The fraction of sp³-hybridized carbons (Fsp3) is 0.333. The molecule has 3 rings (SSSR count). The van der Waals surface area contributed by atoms with Gasteiger partial charge in [-0.15, -0.1) is 0 Å². The van der Waals surface area contributed by atoms with Crippen LogP contribution in [0.25, 0.3) is 22.4 Å². The van der Waals surface area contributed by atoms with Gasteiger partial charge >= 0.3 is 0 Å². The van der Waals surface area contributed by atoms with Gasteiger partial charge in [-0.05, 0) is 23.0 Å². The summed E-state index contributed by atoms with van der Waals surface area (Å²) in [6.45, 7) is 8.85. The number of nitrogens with zero attached hydrogens (tertiary/aromatic N) is 2. The van der Waals surface area contributed by atoms with E-state index in [1.807, 2.05) is 0 Å². The molecule has 108 valence electrons. The van der Waals surface area contributed by atoms with Crippen LogP contribution in [0.2, 0.25) is 0 Å². The molecule has 2 aromatic heterocycles. The summed E-state index contributed by atoms with van der Waals surface area (Å²) in [5.41, 5.74) is 6.94. The van der Waals surface area contributed by atoms with Gasteiger partial charge in [-0.2, -0.15) is 0 Å². The molecule has 1 aromatic carbocycles. The van der Waals surface area contributed by atoms with E-state index in [1.165, 1.54) is 16.7 Å². The van der Waals surface area contributed by atoms with Crippen LogP contribution in [0.15, 0.2) is 36.7 Å². The Morgan fingerprint density at radius 3 is 2.29 bits per heavy atom. The fourth-order valence-electron chi connectivity index (χ4n) is 2.69. The number of rotatable bonds is 2. The Bertz CT molecular complexity index is 761. The van der Waals surface area contributed by atoms with Gasteiger partial charge in [0.2, 0.25) is 0 Å². The zero-order valence-electron chi connectivity index (χ0n) is 13.1. The van der Waals surface area contributed by atoms with Crippen molar-refractivity contribution in [2.75, 3.05) is 0 Å². The second kappa shape index (κ2) is 4.99. The molecule has 3 aromatic rings. The maximum Gasteiger partial charge on any atom is 0.156 e. The average molecular weight is 279 g/mol. The van der Waals surface area contributed by atoms with E-state index in [0.717, 1.165) is 23.3 Å². The Morgan fingerprint density at radius 1 is 1.00 bits per heavy atom. The highest BCUT2D eigenvalue weighted by Gasteiger charge is 2.16. The molecule has 0 unspecified atom stereocenters. The van der Waals surface area contributed by atoms with Crippen LogP contribution < -0.4 is 0 Å². The molecule has 3 heteroatoms. The van der Waals surface area contributed by atoms with Gasteiger partial charge in [0, 0.05) is 18.0 Å². The second-order valence-corrected chi connectivity index (χ2v) is 6.41. The summed E-state index contributed by atoms with van der Waals surface area (Å²) in [6.07, 6.45) is 4.42. The molecular formula is C18H21N3. The van der Waals surface area contributed by atoms with Gasteiger partial charge in [0.25, 0.3) is 0 Å². The normalized spacial score (nSPS) is 12.0. The van der Waals surface area contributed by atoms with E-state index in [2.05, 4.69) is 66.9 Å². The fourth-order valence-corrected chi connectivity index (χ4v) is 2.69. The van der Waals surface area contributed by atoms with E-state index in [0.29, 0.717) is 0 Å². The third kappa shape index (κ3) is 2.44. The van der Waals surface area contributed by atoms with Crippen molar-refractivity contribution >= 4 is 11.2 Å². The lowest BCUT2D eigenvalue weighted by Gasteiger charge is -2.19. The molecule has 0 bridgehead atoms. The summed E-state index contributed by atoms with van der Waals surface area (Å²) in [7, 11) is 0. The zero-order valence-corrected chi connectivity index (χ0v) is 13.1. The van der Waals surface area contributed by atoms with Gasteiger partial charge in [-0.3, -0.25) is 4.98 Å². The number of H-pyrrole nitrogens is 1. The van der Waals surface area contributed by atoms with Gasteiger partial charge in [0.05, 0.1) is 5.69 Å². The topological polar surface area (TPSA) is 41.6 Å². The standard InChI is InChI=1S/C18H21N3/c1-5-14-15(21-17-16(14)19-10-11-20-17)12-6-8-13(9-7-12)18(2,3)4/h6-11H,5H2,1-4H3,(H,20,21). The smallest absolute Gasteiger partial charge is 0.156 e. The number of benzene rings is 1. The van der Waals surface area contributed by atoms with E-state index in [-0.39, 0.29) is 5.41 Å². The van der Waals surface area contributed by atoms with Crippen LogP contribution in [-0.2, 0) is 11.8 Å². The van der Waals surface area contributed by atoms with Gasteiger partial charge in [0.15, 0.2) is 5.65 Å². The van der Waals surface area contributed by atoms with Crippen LogP contribution in [0.3, 0.4) is 0 Å². The molecule has 0 saturated heterocycles. The quantitative estimate of drug-likeness (QED) is 0.751. The minimum atomic E-state index is 0.176. The highest BCUT2D eigenvalue weighted by molar-refractivity contribution is 5.85. The van der Waals surface area contributed by atoms with Gasteiger partial charge < -0.3 is 4.98 Å². The van der Waals surface area contributed by atoms with Crippen LogP contribution in [0.4, 0.5) is 0 Å². The maximum atomic E-state index is 4.46. The second-order valence-electron chi connectivity index (χ2n) is 6.41. The first kappa shape index (κ1) is 13.8. The molecule has 0 amide bonds. The minimum absolute atomic E-state index is 0.176. The maximum absolute atomic E-state index is 4.46. The van der Waals surface area contributed by atoms with E-state index in [4.69, 9.17) is 0 Å². The van der Waals surface area contributed by atoms with E-state index in [1.54, 1.807) is 12.4 Å².